The van der Waals surface area contributed by atoms with Crippen molar-refractivity contribution in [2.45, 2.75) is 19.8 Å². The van der Waals surface area contributed by atoms with Gasteiger partial charge in [0.15, 0.2) is 0 Å². The third kappa shape index (κ3) is 4.17. The quantitative estimate of drug-likeness (QED) is 0.401. The Balaban J connectivity index is 1.99. The van der Waals surface area contributed by atoms with Crippen LogP contribution in [0, 0.1) is 0 Å². The minimum atomic E-state index is 0.182. The van der Waals surface area contributed by atoms with Crippen molar-refractivity contribution in [3.05, 3.63) is 89.5 Å². The Hall–Kier alpha value is -2.94. The van der Waals surface area contributed by atoms with Gasteiger partial charge in [-0.3, -0.25) is 0 Å². The number of nitrogen functional groups attached to an aromatic ring is 1. The van der Waals surface area contributed by atoms with Crippen LogP contribution in [0.1, 0.15) is 36.5 Å². The highest BCUT2D eigenvalue weighted by molar-refractivity contribution is 5.53. The van der Waals surface area contributed by atoms with Crippen LogP contribution in [0.2, 0.25) is 0 Å². The Labute approximate surface area is 156 Å². The van der Waals surface area contributed by atoms with Gasteiger partial charge in [-0.25, -0.2) is 0 Å². The summed E-state index contributed by atoms with van der Waals surface area (Å²) in [7, 11) is 0. The maximum atomic E-state index is 5.89. The van der Waals surface area contributed by atoms with Crippen molar-refractivity contribution in [1.82, 2.24) is 0 Å². The van der Waals surface area contributed by atoms with E-state index in [-0.39, 0.29) is 5.92 Å². The van der Waals surface area contributed by atoms with Crippen LogP contribution in [0.25, 0.3) is 0 Å². The zero-order chi connectivity index (χ0) is 18.4. The molecule has 0 aliphatic rings. The number of hydrogen-bond acceptors (Lipinski definition) is 3. The predicted molar refractivity (Wildman–Crippen MR) is 113 cm³/mol. The number of nitrogens with one attached hydrogen (secondary N) is 2. The van der Waals surface area contributed by atoms with Crippen LogP contribution in [0.5, 0.6) is 0 Å². The molecule has 0 unspecified atom stereocenters. The van der Waals surface area contributed by atoms with Crippen LogP contribution in [-0.2, 0) is 0 Å². The zero-order valence-corrected chi connectivity index (χ0v) is 15.5. The number of hydrogen-bond donors (Lipinski definition) is 3. The average Bonchev–Trinajstić information content (AvgIpc) is 2.67. The molecule has 3 rings (SSSR count). The van der Waals surface area contributed by atoms with E-state index < -0.39 is 0 Å². The van der Waals surface area contributed by atoms with Gasteiger partial charge in [0.25, 0.3) is 0 Å². The first kappa shape index (κ1) is 17.9. The molecular weight excluding hydrogens is 318 g/mol. The van der Waals surface area contributed by atoms with E-state index in [2.05, 4.69) is 85.1 Å². The summed E-state index contributed by atoms with van der Waals surface area (Å²) in [6.45, 7) is 6.06. The van der Waals surface area contributed by atoms with Gasteiger partial charge in [0.1, 0.15) is 0 Å². The Morgan fingerprint density at radius 2 is 0.962 bits per heavy atom. The predicted octanol–water partition coefficient (Wildman–Crippen LogP) is 5.31. The molecule has 0 fully saturated rings. The first-order chi connectivity index (χ1) is 12.7. The highest BCUT2D eigenvalue weighted by Gasteiger charge is 2.16. The Morgan fingerprint density at radius 1 is 0.615 bits per heavy atom. The van der Waals surface area contributed by atoms with E-state index in [9.17, 15) is 0 Å². The standard InChI is InChI=1S/C23H27N3/c1-3-25-21-13-7-18(8-14-21)23(17-5-11-20(24)12-6-17)19-9-15-22(16-10-19)26-4-2/h5-16,23,25-26H,3-4,24H2,1-2H3. The molecule has 3 nitrogen and oxygen atoms in total. The minimum absolute atomic E-state index is 0.182. The minimum Gasteiger partial charge on any atom is -0.399 e. The van der Waals surface area contributed by atoms with Gasteiger partial charge in [0, 0.05) is 36.1 Å². The van der Waals surface area contributed by atoms with E-state index in [0.717, 1.165) is 30.2 Å². The van der Waals surface area contributed by atoms with E-state index in [4.69, 9.17) is 5.73 Å². The van der Waals surface area contributed by atoms with E-state index >= 15 is 0 Å². The Kier molecular flexibility index (Phi) is 5.80. The first-order valence-electron chi connectivity index (χ1n) is 9.24. The van der Waals surface area contributed by atoms with Gasteiger partial charge >= 0.3 is 0 Å². The summed E-state index contributed by atoms with van der Waals surface area (Å²) in [6.07, 6.45) is 0. The molecule has 0 radical (unpaired) electrons. The molecule has 0 aliphatic heterocycles. The van der Waals surface area contributed by atoms with Crippen molar-refractivity contribution >= 4 is 17.1 Å². The van der Waals surface area contributed by atoms with Crippen molar-refractivity contribution in [1.29, 1.82) is 0 Å². The van der Waals surface area contributed by atoms with Gasteiger partial charge in [0.05, 0.1) is 0 Å². The number of rotatable bonds is 7. The Morgan fingerprint density at radius 3 is 1.31 bits per heavy atom. The fraction of sp³-hybridized carbons (Fsp3) is 0.217. The van der Waals surface area contributed by atoms with Crippen molar-refractivity contribution in [3.63, 3.8) is 0 Å². The van der Waals surface area contributed by atoms with Crippen LogP contribution >= 0.6 is 0 Å². The zero-order valence-electron chi connectivity index (χ0n) is 15.5. The summed E-state index contributed by atoms with van der Waals surface area (Å²) >= 11 is 0. The van der Waals surface area contributed by atoms with Crippen molar-refractivity contribution in [3.8, 4) is 0 Å². The summed E-state index contributed by atoms with van der Waals surface area (Å²) in [5.74, 6) is 0.182. The number of benzene rings is 3. The molecule has 0 aromatic heterocycles. The third-order valence-electron chi connectivity index (χ3n) is 4.52. The van der Waals surface area contributed by atoms with Crippen LogP contribution in [0.4, 0.5) is 17.1 Å². The van der Waals surface area contributed by atoms with Gasteiger partial charge < -0.3 is 16.4 Å². The molecule has 3 heteroatoms. The lowest BCUT2D eigenvalue weighted by atomic mass is 9.85. The fourth-order valence-corrected chi connectivity index (χ4v) is 3.26. The lowest BCUT2D eigenvalue weighted by Gasteiger charge is -2.20. The van der Waals surface area contributed by atoms with E-state index in [0.29, 0.717) is 0 Å². The summed E-state index contributed by atoms with van der Waals surface area (Å²) < 4.78 is 0. The molecule has 3 aromatic carbocycles. The SMILES string of the molecule is CCNc1ccc(C(c2ccc(N)cc2)c2ccc(NCC)cc2)cc1. The first-order valence-corrected chi connectivity index (χ1v) is 9.24. The van der Waals surface area contributed by atoms with E-state index in [1.54, 1.807) is 0 Å². The molecule has 0 bridgehead atoms. The molecule has 0 saturated carbocycles. The maximum absolute atomic E-state index is 5.89. The maximum Gasteiger partial charge on any atom is 0.0340 e. The molecular formula is C23H27N3. The van der Waals surface area contributed by atoms with Crippen molar-refractivity contribution in [2.24, 2.45) is 0 Å². The molecule has 134 valence electrons. The highest BCUT2D eigenvalue weighted by Crippen LogP contribution is 2.33. The average molecular weight is 345 g/mol. The summed E-state index contributed by atoms with van der Waals surface area (Å²) in [4.78, 5) is 0. The van der Waals surface area contributed by atoms with Crippen LogP contribution in [0.3, 0.4) is 0 Å². The van der Waals surface area contributed by atoms with Gasteiger partial charge in [-0.2, -0.15) is 0 Å². The summed E-state index contributed by atoms with van der Waals surface area (Å²) in [6, 6.07) is 25.6. The smallest absolute Gasteiger partial charge is 0.0340 e. The molecule has 3 aromatic rings. The number of anilines is 3. The molecule has 0 saturated heterocycles. The molecule has 0 aliphatic carbocycles. The Bertz CT molecular complexity index is 756. The highest BCUT2D eigenvalue weighted by atomic mass is 14.9. The van der Waals surface area contributed by atoms with Gasteiger partial charge in [-0.15, -0.1) is 0 Å². The van der Waals surface area contributed by atoms with Gasteiger partial charge in [-0.1, -0.05) is 36.4 Å². The molecule has 26 heavy (non-hydrogen) atoms. The van der Waals surface area contributed by atoms with Gasteiger partial charge in [-0.05, 0) is 66.9 Å². The van der Waals surface area contributed by atoms with Crippen LogP contribution < -0.4 is 16.4 Å². The molecule has 0 heterocycles. The molecule has 0 atom stereocenters. The summed E-state index contributed by atoms with van der Waals surface area (Å²) in [5, 5.41) is 6.71. The monoisotopic (exact) mass is 345 g/mol. The van der Waals surface area contributed by atoms with Crippen molar-refractivity contribution in [2.75, 3.05) is 29.5 Å². The van der Waals surface area contributed by atoms with Crippen molar-refractivity contribution < 1.29 is 0 Å². The lowest BCUT2D eigenvalue weighted by molar-refractivity contribution is 0.977. The second kappa shape index (κ2) is 8.43. The largest absolute Gasteiger partial charge is 0.399 e. The topological polar surface area (TPSA) is 50.1 Å². The second-order valence-electron chi connectivity index (χ2n) is 6.40. The fourth-order valence-electron chi connectivity index (χ4n) is 3.26. The second-order valence-corrected chi connectivity index (χ2v) is 6.40. The molecule has 0 amide bonds. The molecule has 0 spiro atoms. The lowest BCUT2D eigenvalue weighted by Crippen LogP contribution is -2.05. The van der Waals surface area contributed by atoms with Crippen LogP contribution in [-0.4, -0.2) is 13.1 Å². The van der Waals surface area contributed by atoms with E-state index in [1.807, 2.05) is 12.1 Å². The third-order valence-corrected chi connectivity index (χ3v) is 4.52. The summed E-state index contributed by atoms with van der Waals surface area (Å²) in [5.41, 5.74) is 12.8. The van der Waals surface area contributed by atoms with Gasteiger partial charge in [0.2, 0.25) is 0 Å². The normalized spacial score (nSPS) is 10.7. The van der Waals surface area contributed by atoms with E-state index in [1.165, 1.54) is 16.7 Å². The van der Waals surface area contributed by atoms with Crippen LogP contribution in [0.15, 0.2) is 72.8 Å². The molecule has 4 N–H and O–H groups in total. The number of nitrogens with two attached hydrogens (primary N) is 1.